The van der Waals surface area contributed by atoms with Gasteiger partial charge in [-0.05, 0) is 55.2 Å². The molecule has 0 amide bonds. The lowest BCUT2D eigenvalue weighted by Gasteiger charge is -2.37. The lowest BCUT2D eigenvalue weighted by molar-refractivity contribution is -0.0242. The van der Waals surface area contributed by atoms with E-state index in [1.54, 1.807) is 12.1 Å². The van der Waals surface area contributed by atoms with E-state index >= 15 is 0 Å². The molecule has 0 N–H and O–H groups in total. The minimum Gasteiger partial charge on any atom is -0.370 e. The molecule has 2 aliphatic heterocycles. The van der Waals surface area contributed by atoms with Crippen LogP contribution in [0.2, 0.25) is 0 Å². The average Bonchev–Trinajstić information content (AvgIpc) is 2.67. The van der Waals surface area contributed by atoms with E-state index in [9.17, 15) is 4.39 Å². The smallest absolute Gasteiger partial charge is 0.123 e. The van der Waals surface area contributed by atoms with Crippen LogP contribution in [-0.2, 0) is 11.2 Å². The van der Waals surface area contributed by atoms with Crippen molar-refractivity contribution < 1.29 is 9.13 Å². The minimum absolute atomic E-state index is 0.172. The third-order valence-electron chi connectivity index (χ3n) is 5.58. The Hall–Kier alpha value is -1.91. The molecule has 2 heterocycles. The highest BCUT2D eigenvalue weighted by atomic mass is 19.1. The molecule has 3 nitrogen and oxygen atoms in total. The van der Waals surface area contributed by atoms with Gasteiger partial charge < -0.3 is 9.64 Å². The van der Waals surface area contributed by atoms with E-state index in [-0.39, 0.29) is 11.9 Å². The van der Waals surface area contributed by atoms with Crippen molar-refractivity contribution in [3.8, 4) is 0 Å². The lowest BCUT2D eigenvalue weighted by Crippen LogP contribution is -2.47. The van der Waals surface area contributed by atoms with Gasteiger partial charge in [-0.1, -0.05) is 24.3 Å². The Bertz CT molecular complexity index is 725. The summed E-state index contributed by atoms with van der Waals surface area (Å²) in [4.78, 5) is 4.86. The van der Waals surface area contributed by atoms with Crippen molar-refractivity contribution in [3.63, 3.8) is 0 Å². The average molecular weight is 354 g/mol. The summed E-state index contributed by atoms with van der Waals surface area (Å²) >= 11 is 0. The van der Waals surface area contributed by atoms with E-state index in [1.807, 2.05) is 12.1 Å². The van der Waals surface area contributed by atoms with E-state index in [2.05, 4.69) is 41.0 Å². The molecular weight excluding hydrogens is 327 g/mol. The number of nitrogens with zero attached hydrogens (tertiary/aromatic N) is 2. The van der Waals surface area contributed by atoms with E-state index in [0.717, 1.165) is 51.3 Å². The first-order chi connectivity index (χ1) is 12.7. The van der Waals surface area contributed by atoms with Gasteiger partial charge in [-0.25, -0.2) is 4.39 Å². The molecule has 1 fully saturated rings. The minimum atomic E-state index is -0.172. The third kappa shape index (κ3) is 3.92. The van der Waals surface area contributed by atoms with Crippen LogP contribution in [0.3, 0.4) is 0 Å². The van der Waals surface area contributed by atoms with Crippen LogP contribution in [0.25, 0.3) is 0 Å². The quantitative estimate of drug-likeness (QED) is 0.824. The molecule has 26 heavy (non-hydrogen) atoms. The summed E-state index contributed by atoms with van der Waals surface area (Å²) in [5, 5.41) is 0. The van der Waals surface area contributed by atoms with Gasteiger partial charge in [0.05, 0.1) is 12.2 Å². The maximum Gasteiger partial charge on any atom is 0.123 e. The number of ether oxygens (including phenoxy) is 1. The zero-order valence-corrected chi connectivity index (χ0v) is 15.4. The first-order valence-corrected chi connectivity index (χ1v) is 9.65. The van der Waals surface area contributed by atoms with Crippen LogP contribution in [0.5, 0.6) is 0 Å². The van der Waals surface area contributed by atoms with Gasteiger partial charge in [-0.3, -0.25) is 4.90 Å². The van der Waals surface area contributed by atoms with Crippen LogP contribution in [0.4, 0.5) is 10.1 Å². The standard InChI is InChI=1S/C22H27FN2O/c1-17-16-18-4-2-3-5-21(18)22(26-17)10-11-24-12-14-25(15-13-24)20-8-6-19(23)7-9-20/h2-9,17,22H,10-16H2,1H3/t17-,22+/m0/s1. The maximum absolute atomic E-state index is 13.1. The highest BCUT2D eigenvalue weighted by Gasteiger charge is 2.26. The van der Waals surface area contributed by atoms with Gasteiger partial charge in [0.2, 0.25) is 0 Å². The van der Waals surface area contributed by atoms with Crippen LogP contribution in [-0.4, -0.2) is 43.7 Å². The van der Waals surface area contributed by atoms with Crippen molar-refractivity contribution >= 4 is 5.69 Å². The van der Waals surface area contributed by atoms with Crippen molar-refractivity contribution in [2.75, 3.05) is 37.6 Å². The molecule has 138 valence electrons. The van der Waals surface area contributed by atoms with Gasteiger partial charge in [0.25, 0.3) is 0 Å². The zero-order valence-electron chi connectivity index (χ0n) is 15.4. The van der Waals surface area contributed by atoms with Gasteiger partial charge in [-0.15, -0.1) is 0 Å². The van der Waals surface area contributed by atoms with Crippen LogP contribution in [0.1, 0.15) is 30.6 Å². The number of piperazine rings is 1. The molecule has 0 saturated carbocycles. The highest BCUT2D eigenvalue weighted by molar-refractivity contribution is 5.46. The van der Waals surface area contributed by atoms with Crippen LogP contribution < -0.4 is 4.90 Å². The predicted octanol–water partition coefficient (Wildman–Crippen LogP) is 4.04. The van der Waals surface area contributed by atoms with Gasteiger partial charge in [0.1, 0.15) is 5.82 Å². The Labute approximate surface area is 155 Å². The number of rotatable bonds is 4. The SMILES string of the molecule is C[C@H]1Cc2ccccc2[C@@H](CCN2CCN(c3ccc(F)cc3)CC2)O1. The fourth-order valence-corrected chi connectivity index (χ4v) is 4.15. The topological polar surface area (TPSA) is 15.7 Å². The first kappa shape index (κ1) is 17.5. The van der Waals surface area contributed by atoms with Crippen LogP contribution >= 0.6 is 0 Å². The number of fused-ring (bicyclic) bond motifs is 1. The number of hydrogen-bond donors (Lipinski definition) is 0. The summed E-state index contributed by atoms with van der Waals surface area (Å²) in [7, 11) is 0. The van der Waals surface area contributed by atoms with Crippen molar-refractivity contribution in [2.45, 2.75) is 32.0 Å². The normalized spacial score (nSPS) is 23.7. The van der Waals surface area contributed by atoms with Crippen LogP contribution in [0, 0.1) is 5.82 Å². The molecule has 2 aliphatic rings. The monoisotopic (exact) mass is 354 g/mol. The molecule has 2 atom stereocenters. The molecule has 0 unspecified atom stereocenters. The second-order valence-corrected chi connectivity index (χ2v) is 7.43. The summed E-state index contributed by atoms with van der Waals surface area (Å²) in [5.41, 5.74) is 3.93. The Kier molecular flexibility index (Phi) is 5.23. The summed E-state index contributed by atoms with van der Waals surface area (Å²) < 4.78 is 19.3. The molecule has 4 heteroatoms. The summed E-state index contributed by atoms with van der Waals surface area (Å²) in [6.07, 6.45) is 2.57. The molecule has 0 bridgehead atoms. The largest absolute Gasteiger partial charge is 0.370 e. The van der Waals surface area contributed by atoms with E-state index < -0.39 is 0 Å². The third-order valence-corrected chi connectivity index (χ3v) is 5.58. The molecule has 2 aromatic carbocycles. The van der Waals surface area contributed by atoms with Gasteiger partial charge in [0, 0.05) is 38.4 Å². The number of halogens is 1. The van der Waals surface area contributed by atoms with Gasteiger partial charge in [-0.2, -0.15) is 0 Å². The number of anilines is 1. The van der Waals surface area contributed by atoms with Crippen molar-refractivity contribution in [2.24, 2.45) is 0 Å². The molecule has 0 spiro atoms. The summed E-state index contributed by atoms with van der Waals surface area (Å²) in [5.74, 6) is -0.172. The number of hydrogen-bond acceptors (Lipinski definition) is 3. The maximum atomic E-state index is 13.1. The van der Waals surface area contributed by atoms with Gasteiger partial charge >= 0.3 is 0 Å². The molecule has 0 radical (unpaired) electrons. The Morgan fingerprint density at radius 1 is 1.00 bits per heavy atom. The summed E-state index contributed by atoms with van der Waals surface area (Å²) in [6.45, 7) is 7.30. The second-order valence-electron chi connectivity index (χ2n) is 7.43. The molecule has 4 rings (SSSR count). The van der Waals surface area contributed by atoms with Gasteiger partial charge in [0.15, 0.2) is 0 Å². The molecule has 2 aromatic rings. The molecule has 0 aromatic heterocycles. The lowest BCUT2D eigenvalue weighted by atomic mass is 9.93. The van der Waals surface area contributed by atoms with E-state index in [0.29, 0.717) is 6.10 Å². The van der Waals surface area contributed by atoms with E-state index in [4.69, 9.17) is 4.74 Å². The molecule has 0 aliphatic carbocycles. The van der Waals surface area contributed by atoms with Crippen LogP contribution in [0.15, 0.2) is 48.5 Å². The Balaban J connectivity index is 1.31. The Morgan fingerprint density at radius 2 is 1.73 bits per heavy atom. The van der Waals surface area contributed by atoms with E-state index in [1.165, 1.54) is 11.1 Å². The number of benzene rings is 2. The second kappa shape index (κ2) is 7.77. The van der Waals surface area contributed by atoms with Crippen molar-refractivity contribution in [1.82, 2.24) is 4.90 Å². The molecular formula is C22H27FN2O. The zero-order chi connectivity index (χ0) is 17.9. The molecule has 1 saturated heterocycles. The fraction of sp³-hybridized carbons (Fsp3) is 0.455. The summed E-state index contributed by atoms with van der Waals surface area (Å²) in [6, 6.07) is 15.5. The van der Waals surface area contributed by atoms with Crippen molar-refractivity contribution in [1.29, 1.82) is 0 Å². The highest BCUT2D eigenvalue weighted by Crippen LogP contribution is 2.32. The van der Waals surface area contributed by atoms with Crippen molar-refractivity contribution in [3.05, 3.63) is 65.5 Å². The predicted molar refractivity (Wildman–Crippen MR) is 103 cm³/mol. The fourth-order valence-electron chi connectivity index (χ4n) is 4.15. The Morgan fingerprint density at radius 3 is 2.50 bits per heavy atom. The first-order valence-electron chi connectivity index (χ1n) is 9.65.